The molecule has 1 aromatic heterocycles. The lowest BCUT2D eigenvalue weighted by Crippen LogP contribution is -2.00. The third-order valence-electron chi connectivity index (χ3n) is 7.33. The van der Waals surface area contributed by atoms with Crippen LogP contribution in [0.4, 0.5) is 13.2 Å². The first-order valence-electron chi connectivity index (χ1n) is 12.7. The number of pyridine rings is 1. The van der Waals surface area contributed by atoms with E-state index in [1.807, 2.05) is 12.1 Å². The van der Waals surface area contributed by atoms with Crippen molar-refractivity contribution >= 4 is 33.4 Å². The molecule has 47 heavy (non-hydrogen) atoms. The van der Waals surface area contributed by atoms with Crippen molar-refractivity contribution in [1.82, 2.24) is 4.98 Å². The number of hydrogen-bond acceptors (Lipinski definition) is 10. The Morgan fingerprint density at radius 3 is 1.45 bits per heavy atom. The SMILES string of the molecule is N#CC(C#N)=C1C(c2cc(C#N)ncc2F)=C(C#N)c2c1cc1c(c2C#N)C(C#N)=C(c2cc(F)c(C#N)cc2F)C1=C(C#N)C#N. The molecule has 3 aromatic rings. The van der Waals surface area contributed by atoms with Crippen LogP contribution in [0.3, 0.4) is 0 Å². The van der Waals surface area contributed by atoms with Crippen LogP contribution in [0.15, 0.2) is 41.6 Å². The minimum Gasteiger partial charge on any atom is -0.242 e. The number of allylic oxidation sites excluding steroid dienone is 8. The summed E-state index contributed by atoms with van der Waals surface area (Å²) in [5.74, 6) is -3.47. The Morgan fingerprint density at radius 1 is 0.511 bits per heavy atom. The third kappa shape index (κ3) is 4.23. The first-order chi connectivity index (χ1) is 22.7. The summed E-state index contributed by atoms with van der Waals surface area (Å²) in [5, 5.41) is 89.3. The molecule has 212 valence electrons. The van der Waals surface area contributed by atoms with Crippen molar-refractivity contribution in [3.05, 3.63) is 109 Å². The van der Waals surface area contributed by atoms with Crippen molar-refractivity contribution in [2.45, 2.75) is 0 Å². The van der Waals surface area contributed by atoms with Crippen LogP contribution in [0.25, 0.3) is 33.4 Å². The van der Waals surface area contributed by atoms with Gasteiger partial charge in [0.1, 0.15) is 88.9 Å². The summed E-state index contributed by atoms with van der Waals surface area (Å²) in [4.78, 5) is 3.63. The van der Waals surface area contributed by atoms with E-state index in [1.165, 1.54) is 6.07 Å². The first kappa shape index (κ1) is 30.2. The van der Waals surface area contributed by atoms with Gasteiger partial charge >= 0.3 is 0 Å². The van der Waals surface area contributed by atoms with Gasteiger partial charge in [-0.15, -0.1) is 0 Å². The number of fused-ring (bicyclic) bond motifs is 2. The standard InChI is InChI=1S/C34H5F3N10/c35-26-4-20(27(36)1-15(26)5-38)34-25(13-46)32-22(30(34)17(8-41)9-42)3-21-29(16(6-39)7-40)33(24(12-45)31(21)23(32)11-44)19-2-18(10-43)47-14-28(19)37/h1-4,14H. The van der Waals surface area contributed by atoms with Crippen LogP contribution >= 0.6 is 0 Å². The molecular formula is C34H5F3N10. The second kappa shape index (κ2) is 11.4. The maximum atomic E-state index is 15.5. The van der Waals surface area contributed by atoms with Gasteiger partial charge in [-0.3, -0.25) is 0 Å². The highest BCUT2D eigenvalue weighted by Crippen LogP contribution is 2.56. The van der Waals surface area contributed by atoms with Crippen LogP contribution in [0, 0.1) is 119 Å². The zero-order chi connectivity index (χ0) is 34.2. The molecule has 0 spiro atoms. The molecule has 0 radical (unpaired) electrons. The van der Waals surface area contributed by atoms with E-state index in [1.54, 1.807) is 36.4 Å². The molecule has 2 aliphatic rings. The second-order valence-corrected chi connectivity index (χ2v) is 9.46. The van der Waals surface area contributed by atoms with Crippen LogP contribution in [0.5, 0.6) is 0 Å². The van der Waals surface area contributed by atoms with Gasteiger partial charge in [0.15, 0.2) is 0 Å². The highest BCUT2D eigenvalue weighted by molar-refractivity contribution is 6.31. The molecule has 1 heterocycles. The summed E-state index contributed by atoms with van der Waals surface area (Å²) >= 11 is 0. The molecule has 10 nitrogen and oxygen atoms in total. The van der Waals surface area contributed by atoms with Gasteiger partial charge in [0.2, 0.25) is 0 Å². The third-order valence-corrected chi connectivity index (χ3v) is 7.33. The molecular weight excluding hydrogens is 605 g/mol. The van der Waals surface area contributed by atoms with Crippen LogP contribution < -0.4 is 0 Å². The minimum absolute atomic E-state index is 0.197. The zero-order valence-electron chi connectivity index (χ0n) is 23.0. The van der Waals surface area contributed by atoms with Gasteiger partial charge in [-0.05, 0) is 35.4 Å². The first-order valence-corrected chi connectivity index (χ1v) is 12.7. The second-order valence-electron chi connectivity index (χ2n) is 9.46. The van der Waals surface area contributed by atoms with Crippen molar-refractivity contribution in [2.24, 2.45) is 0 Å². The summed E-state index contributed by atoms with van der Waals surface area (Å²) in [5.41, 5.74) is -7.46. The summed E-state index contributed by atoms with van der Waals surface area (Å²) in [6.45, 7) is 0. The lowest BCUT2D eigenvalue weighted by Gasteiger charge is -2.13. The molecule has 0 atom stereocenters. The molecule has 13 heteroatoms. The van der Waals surface area contributed by atoms with Gasteiger partial charge in [0.05, 0.1) is 28.5 Å². The van der Waals surface area contributed by atoms with Crippen molar-refractivity contribution < 1.29 is 13.2 Å². The average Bonchev–Trinajstić information content (AvgIpc) is 3.58. The quantitative estimate of drug-likeness (QED) is 0.326. The van der Waals surface area contributed by atoms with E-state index in [0.717, 1.165) is 12.1 Å². The monoisotopic (exact) mass is 610 g/mol. The smallest absolute Gasteiger partial charge is 0.149 e. The fourth-order valence-corrected chi connectivity index (χ4v) is 5.55. The number of nitrogens with zero attached hydrogens (tertiary/aromatic N) is 10. The number of halogens is 3. The summed E-state index contributed by atoms with van der Waals surface area (Å²) in [6.07, 6.45) is 0.682. The van der Waals surface area contributed by atoms with Crippen molar-refractivity contribution in [3.63, 3.8) is 0 Å². The lowest BCUT2D eigenvalue weighted by molar-refractivity contribution is 0.594. The van der Waals surface area contributed by atoms with Crippen LogP contribution in [0.1, 0.15) is 50.2 Å². The highest BCUT2D eigenvalue weighted by Gasteiger charge is 2.41. The normalized spacial score (nSPS) is 12.1. The fourth-order valence-electron chi connectivity index (χ4n) is 5.55. The predicted molar refractivity (Wildman–Crippen MR) is 152 cm³/mol. The van der Waals surface area contributed by atoms with Crippen molar-refractivity contribution in [3.8, 4) is 54.6 Å². The number of hydrogen-bond donors (Lipinski definition) is 0. The lowest BCUT2D eigenvalue weighted by atomic mass is 9.87. The van der Waals surface area contributed by atoms with Gasteiger partial charge in [-0.2, -0.15) is 47.4 Å². The van der Waals surface area contributed by atoms with E-state index in [9.17, 15) is 46.5 Å². The number of nitriles is 9. The molecule has 0 fully saturated rings. The predicted octanol–water partition coefficient (Wildman–Crippen LogP) is 5.61. The zero-order valence-corrected chi connectivity index (χ0v) is 23.0. The molecule has 0 saturated heterocycles. The van der Waals surface area contributed by atoms with Gasteiger partial charge in [-0.1, -0.05) is 0 Å². The maximum absolute atomic E-state index is 15.5. The van der Waals surface area contributed by atoms with Gasteiger partial charge in [0, 0.05) is 44.5 Å². The Hall–Kier alpha value is -8.25. The number of aromatic nitrogens is 1. The average molecular weight is 610 g/mol. The van der Waals surface area contributed by atoms with Gasteiger partial charge < -0.3 is 0 Å². The molecule has 2 aliphatic carbocycles. The molecule has 0 unspecified atom stereocenters. The van der Waals surface area contributed by atoms with E-state index in [0.29, 0.717) is 18.3 Å². The fraction of sp³-hybridized carbons (Fsp3) is 0. The number of benzene rings is 2. The highest BCUT2D eigenvalue weighted by atomic mass is 19.1. The molecule has 2 aromatic carbocycles. The molecule has 0 aliphatic heterocycles. The molecule has 5 rings (SSSR count). The van der Waals surface area contributed by atoms with E-state index >= 15 is 8.78 Å². The van der Waals surface area contributed by atoms with E-state index in [-0.39, 0.29) is 39.1 Å². The van der Waals surface area contributed by atoms with Crippen LogP contribution in [-0.2, 0) is 0 Å². The Labute approximate surface area is 262 Å². The van der Waals surface area contributed by atoms with Crippen molar-refractivity contribution in [1.29, 1.82) is 47.4 Å². The largest absolute Gasteiger partial charge is 0.242 e. The van der Waals surface area contributed by atoms with Gasteiger partial charge in [0.25, 0.3) is 0 Å². The Balaban J connectivity index is 2.06. The van der Waals surface area contributed by atoms with Crippen LogP contribution in [0.2, 0.25) is 0 Å². The van der Waals surface area contributed by atoms with Crippen molar-refractivity contribution in [2.75, 3.05) is 0 Å². The Kier molecular flexibility index (Phi) is 7.36. The van der Waals surface area contributed by atoms with E-state index in [4.69, 9.17) is 5.26 Å². The summed E-state index contributed by atoms with van der Waals surface area (Å²) in [7, 11) is 0. The maximum Gasteiger partial charge on any atom is 0.149 e. The molecule has 0 N–H and O–H groups in total. The molecule has 0 amide bonds. The van der Waals surface area contributed by atoms with Gasteiger partial charge in [-0.25, -0.2) is 18.2 Å². The summed E-state index contributed by atoms with van der Waals surface area (Å²) < 4.78 is 45.6. The summed E-state index contributed by atoms with van der Waals surface area (Å²) in [6, 6.07) is 18.5. The Morgan fingerprint density at radius 2 is 1.02 bits per heavy atom. The number of rotatable bonds is 2. The molecule has 0 bridgehead atoms. The topological polar surface area (TPSA) is 227 Å². The van der Waals surface area contributed by atoms with E-state index < -0.39 is 73.1 Å². The minimum atomic E-state index is -1.21. The van der Waals surface area contributed by atoms with E-state index in [2.05, 4.69) is 4.98 Å². The van der Waals surface area contributed by atoms with Crippen LogP contribution in [-0.4, -0.2) is 4.98 Å². The molecule has 0 saturated carbocycles. The Bertz CT molecular complexity index is 2560.